The van der Waals surface area contributed by atoms with E-state index in [1.54, 1.807) is 24.8 Å². The highest BCUT2D eigenvalue weighted by atomic mass is 16.5. The molecular weight excluding hydrogens is 332 g/mol. The van der Waals surface area contributed by atoms with Gasteiger partial charge in [0, 0.05) is 55.2 Å². The van der Waals surface area contributed by atoms with Crippen molar-refractivity contribution in [1.29, 1.82) is 0 Å². The van der Waals surface area contributed by atoms with E-state index in [0.29, 0.717) is 25.0 Å². The molecule has 9 heteroatoms. The molecule has 1 fully saturated rings. The van der Waals surface area contributed by atoms with Gasteiger partial charge < -0.3 is 20.7 Å². The lowest BCUT2D eigenvalue weighted by atomic mass is 10.2. The number of aromatic nitrogens is 5. The number of hydrogen-bond donors (Lipinski definition) is 2. The molecule has 0 saturated carbocycles. The zero-order valence-electron chi connectivity index (χ0n) is 14.0. The molecule has 0 aromatic carbocycles. The van der Waals surface area contributed by atoms with Gasteiger partial charge in [-0.3, -0.25) is 4.98 Å². The Morgan fingerprint density at radius 1 is 1.04 bits per heavy atom. The molecule has 0 radical (unpaired) electrons. The first-order valence-corrected chi connectivity index (χ1v) is 8.25. The Hall–Kier alpha value is -3.33. The van der Waals surface area contributed by atoms with E-state index in [9.17, 15) is 0 Å². The second-order valence-corrected chi connectivity index (χ2v) is 5.73. The molecule has 3 aromatic rings. The van der Waals surface area contributed by atoms with Crippen LogP contribution in [0.15, 0.2) is 43.0 Å². The first kappa shape index (κ1) is 16.2. The highest BCUT2D eigenvalue weighted by molar-refractivity contribution is 5.66. The molecule has 0 spiro atoms. The van der Waals surface area contributed by atoms with Gasteiger partial charge >= 0.3 is 0 Å². The van der Waals surface area contributed by atoms with E-state index in [2.05, 4.69) is 35.1 Å². The van der Waals surface area contributed by atoms with Crippen LogP contribution in [-0.4, -0.2) is 51.2 Å². The van der Waals surface area contributed by atoms with E-state index in [1.165, 1.54) is 0 Å². The molecule has 4 heterocycles. The summed E-state index contributed by atoms with van der Waals surface area (Å²) >= 11 is 0. The number of hydrogen-bond acceptors (Lipinski definition) is 9. The van der Waals surface area contributed by atoms with Crippen molar-refractivity contribution in [2.75, 3.05) is 42.3 Å². The van der Waals surface area contributed by atoms with Gasteiger partial charge in [0.25, 0.3) is 0 Å². The van der Waals surface area contributed by atoms with Crippen LogP contribution in [0.25, 0.3) is 11.3 Å². The number of anilines is 4. The van der Waals surface area contributed by atoms with Gasteiger partial charge in [0.1, 0.15) is 5.82 Å². The summed E-state index contributed by atoms with van der Waals surface area (Å²) in [7, 11) is 0. The molecule has 9 nitrogen and oxygen atoms in total. The molecule has 0 bridgehead atoms. The maximum absolute atomic E-state index is 5.59. The van der Waals surface area contributed by atoms with Crippen LogP contribution in [0.2, 0.25) is 0 Å². The van der Waals surface area contributed by atoms with Gasteiger partial charge in [-0.25, -0.2) is 15.0 Å². The molecule has 0 unspecified atom stereocenters. The number of nitrogen functional groups attached to an aromatic ring is 1. The van der Waals surface area contributed by atoms with E-state index < -0.39 is 0 Å². The highest BCUT2D eigenvalue weighted by Gasteiger charge is 2.16. The lowest BCUT2D eigenvalue weighted by Gasteiger charge is -2.27. The lowest BCUT2D eigenvalue weighted by molar-refractivity contribution is 0.122. The first-order valence-electron chi connectivity index (χ1n) is 8.25. The molecule has 1 aliphatic heterocycles. The topological polar surface area (TPSA) is 115 Å². The van der Waals surface area contributed by atoms with Crippen molar-refractivity contribution in [3.63, 3.8) is 0 Å². The summed E-state index contributed by atoms with van der Waals surface area (Å²) in [4.78, 5) is 23.6. The third kappa shape index (κ3) is 3.67. The van der Waals surface area contributed by atoms with E-state index in [-0.39, 0.29) is 5.95 Å². The molecule has 4 rings (SSSR count). The Kier molecular flexibility index (Phi) is 4.52. The molecular formula is C17H18N8O. The van der Waals surface area contributed by atoms with Gasteiger partial charge in [-0.15, -0.1) is 0 Å². The second-order valence-electron chi connectivity index (χ2n) is 5.73. The lowest BCUT2D eigenvalue weighted by Crippen LogP contribution is -2.37. The predicted molar refractivity (Wildman–Crippen MR) is 98.0 cm³/mol. The highest BCUT2D eigenvalue weighted by Crippen LogP contribution is 2.24. The van der Waals surface area contributed by atoms with Crippen LogP contribution in [0.5, 0.6) is 0 Å². The van der Waals surface area contributed by atoms with Crippen LogP contribution in [0.3, 0.4) is 0 Å². The Balaban J connectivity index is 1.72. The van der Waals surface area contributed by atoms with Crippen LogP contribution in [-0.2, 0) is 4.74 Å². The fourth-order valence-electron chi connectivity index (χ4n) is 2.60. The fraction of sp³-hybridized carbons (Fsp3) is 0.235. The minimum Gasteiger partial charge on any atom is -0.378 e. The van der Waals surface area contributed by atoms with Gasteiger partial charge in [0.2, 0.25) is 11.9 Å². The quantitative estimate of drug-likeness (QED) is 0.722. The minimum absolute atomic E-state index is 0.228. The smallest absolute Gasteiger partial charge is 0.228 e. The van der Waals surface area contributed by atoms with Gasteiger partial charge in [0.05, 0.1) is 18.9 Å². The molecule has 1 saturated heterocycles. The average Bonchev–Trinajstić information content (AvgIpc) is 2.70. The van der Waals surface area contributed by atoms with E-state index in [4.69, 9.17) is 10.5 Å². The second kappa shape index (κ2) is 7.28. The monoisotopic (exact) mass is 350 g/mol. The van der Waals surface area contributed by atoms with Crippen LogP contribution in [0, 0.1) is 0 Å². The van der Waals surface area contributed by atoms with Crippen molar-refractivity contribution < 1.29 is 4.74 Å². The molecule has 3 N–H and O–H groups in total. The zero-order valence-corrected chi connectivity index (χ0v) is 14.0. The molecule has 0 amide bonds. The summed E-state index contributed by atoms with van der Waals surface area (Å²) in [5.41, 5.74) is 7.98. The zero-order chi connectivity index (χ0) is 17.8. The van der Waals surface area contributed by atoms with E-state index in [1.807, 2.05) is 18.2 Å². The first-order chi connectivity index (χ1) is 12.8. The summed E-state index contributed by atoms with van der Waals surface area (Å²) in [6, 6.07) is 5.62. The molecule has 3 aromatic heterocycles. The number of ether oxygens (including phenoxy) is 1. The van der Waals surface area contributed by atoms with Gasteiger partial charge in [0.15, 0.2) is 0 Å². The molecule has 26 heavy (non-hydrogen) atoms. The minimum atomic E-state index is 0.228. The average molecular weight is 350 g/mol. The van der Waals surface area contributed by atoms with Gasteiger partial charge in [-0.1, -0.05) is 0 Å². The third-order valence-electron chi connectivity index (χ3n) is 3.93. The van der Waals surface area contributed by atoms with Gasteiger partial charge in [-0.05, 0) is 12.1 Å². The number of nitrogens with two attached hydrogens (primary N) is 1. The van der Waals surface area contributed by atoms with Crippen LogP contribution in [0.1, 0.15) is 0 Å². The summed E-state index contributed by atoms with van der Waals surface area (Å²) in [5.74, 6) is 1.55. The number of rotatable bonds is 4. The molecule has 132 valence electrons. The summed E-state index contributed by atoms with van der Waals surface area (Å²) < 4.78 is 5.42. The van der Waals surface area contributed by atoms with E-state index in [0.717, 1.165) is 30.0 Å². The van der Waals surface area contributed by atoms with Gasteiger partial charge in [-0.2, -0.15) is 4.98 Å². The van der Waals surface area contributed by atoms with Crippen molar-refractivity contribution in [2.24, 2.45) is 0 Å². The largest absolute Gasteiger partial charge is 0.378 e. The maximum Gasteiger partial charge on any atom is 0.228 e. The third-order valence-corrected chi connectivity index (χ3v) is 3.93. The summed E-state index contributed by atoms with van der Waals surface area (Å²) in [6.07, 6.45) is 6.76. The fourth-order valence-corrected chi connectivity index (χ4v) is 2.60. The predicted octanol–water partition coefficient (Wildman–Crippen LogP) is 1.49. The van der Waals surface area contributed by atoms with Crippen LogP contribution in [0.4, 0.5) is 23.4 Å². The summed E-state index contributed by atoms with van der Waals surface area (Å²) in [5, 5.41) is 3.29. The number of nitrogens with zero attached hydrogens (tertiary/aromatic N) is 6. The standard InChI is InChI=1S/C17H18N8O/c18-16-20-10-12(11-21-16)14-9-15(22-13-1-3-19-4-2-13)24-17(23-14)25-5-7-26-8-6-25/h1-4,9-11H,5-8H2,(H2,18,20,21)(H,19,22,23,24). The van der Waals surface area contributed by atoms with E-state index >= 15 is 0 Å². The number of morpholine rings is 1. The Labute approximate surface area is 150 Å². The van der Waals surface area contributed by atoms with Crippen LogP contribution < -0.4 is 16.0 Å². The van der Waals surface area contributed by atoms with Crippen molar-refractivity contribution >= 4 is 23.4 Å². The van der Waals surface area contributed by atoms with Crippen LogP contribution >= 0.6 is 0 Å². The molecule has 1 aliphatic rings. The Morgan fingerprint density at radius 2 is 1.77 bits per heavy atom. The van der Waals surface area contributed by atoms with Crippen molar-refractivity contribution in [2.45, 2.75) is 0 Å². The molecule has 0 aliphatic carbocycles. The Bertz CT molecular complexity index is 866. The maximum atomic E-state index is 5.59. The summed E-state index contributed by atoms with van der Waals surface area (Å²) in [6.45, 7) is 2.81. The van der Waals surface area contributed by atoms with Crippen molar-refractivity contribution in [1.82, 2.24) is 24.9 Å². The number of pyridine rings is 1. The normalized spacial score (nSPS) is 14.2. The SMILES string of the molecule is Nc1ncc(-c2cc(Nc3ccncc3)nc(N3CCOCC3)n2)cn1. The number of nitrogens with one attached hydrogen (secondary N) is 1. The van der Waals surface area contributed by atoms with Crippen molar-refractivity contribution in [3.05, 3.63) is 43.0 Å². The Morgan fingerprint density at radius 3 is 2.50 bits per heavy atom. The van der Waals surface area contributed by atoms with Crippen molar-refractivity contribution in [3.8, 4) is 11.3 Å². The molecule has 0 atom stereocenters.